The van der Waals surface area contributed by atoms with Crippen LogP contribution in [-0.4, -0.2) is 35.0 Å². The predicted molar refractivity (Wildman–Crippen MR) is 135 cm³/mol. The fourth-order valence-electron chi connectivity index (χ4n) is 5.35. The van der Waals surface area contributed by atoms with Gasteiger partial charge in [-0.05, 0) is 49.7 Å². The van der Waals surface area contributed by atoms with Gasteiger partial charge in [-0.3, -0.25) is 14.6 Å². The van der Waals surface area contributed by atoms with Crippen LogP contribution in [0, 0.1) is 18.8 Å². The van der Waals surface area contributed by atoms with Crippen LogP contribution in [0.2, 0.25) is 0 Å². The first-order valence-electron chi connectivity index (χ1n) is 12.1. The molecular formula is C26H32N4O2S. The van der Waals surface area contributed by atoms with Crippen molar-refractivity contribution in [3.63, 3.8) is 0 Å². The molecule has 6 nitrogen and oxygen atoms in total. The second-order valence-electron chi connectivity index (χ2n) is 9.69. The summed E-state index contributed by atoms with van der Waals surface area (Å²) in [5.74, 6) is 1.19. The number of benzene rings is 1. The molecule has 2 aromatic heterocycles. The smallest absolute Gasteiger partial charge is 0.270 e. The molecule has 1 amide bonds. The van der Waals surface area contributed by atoms with E-state index in [1.54, 1.807) is 0 Å². The lowest BCUT2D eigenvalue weighted by atomic mass is 9.85. The van der Waals surface area contributed by atoms with Gasteiger partial charge in [-0.1, -0.05) is 44.0 Å². The van der Waals surface area contributed by atoms with Crippen LogP contribution in [0.3, 0.4) is 0 Å². The summed E-state index contributed by atoms with van der Waals surface area (Å²) in [6.07, 6.45) is 6.52. The lowest BCUT2D eigenvalue weighted by molar-refractivity contribution is -0.126. The van der Waals surface area contributed by atoms with Crippen LogP contribution in [-0.2, 0) is 4.79 Å². The van der Waals surface area contributed by atoms with E-state index < -0.39 is 0 Å². The number of H-pyrrole nitrogens is 1. The van der Waals surface area contributed by atoms with Crippen molar-refractivity contribution in [2.24, 2.45) is 11.8 Å². The average molecular weight is 465 g/mol. The molecule has 2 aliphatic rings. The Morgan fingerprint density at radius 3 is 2.79 bits per heavy atom. The summed E-state index contributed by atoms with van der Waals surface area (Å²) in [5, 5.41) is 5.35. The summed E-state index contributed by atoms with van der Waals surface area (Å²) < 4.78 is 0.648. The topological polar surface area (TPSA) is 78.1 Å². The zero-order valence-electron chi connectivity index (χ0n) is 19.4. The molecule has 0 spiro atoms. The SMILES string of the molecule is Cc1ccccc1-c1csc2c(=O)[nH]c(N3CCC[C@@H](C(=O)N[C@@H]4CCCC[C@@H]4C)C3)nc12. The maximum Gasteiger partial charge on any atom is 0.270 e. The third kappa shape index (κ3) is 4.43. The van der Waals surface area contributed by atoms with Crippen LogP contribution in [0.4, 0.5) is 5.95 Å². The van der Waals surface area contributed by atoms with Gasteiger partial charge in [-0.15, -0.1) is 11.3 Å². The number of hydrogen-bond donors (Lipinski definition) is 2. The van der Waals surface area contributed by atoms with E-state index in [1.807, 2.05) is 17.5 Å². The summed E-state index contributed by atoms with van der Waals surface area (Å²) in [7, 11) is 0. The van der Waals surface area contributed by atoms with E-state index in [9.17, 15) is 9.59 Å². The van der Waals surface area contributed by atoms with Crippen LogP contribution in [0.15, 0.2) is 34.4 Å². The number of aromatic nitrogens is 2. The number of thiophene rings is 1. The molecule has 1 saturated heterocycles. The standard InChI is InChI=1S/C26H32N4O2S/c1-16-8-3-5-11-19(16)20-15-33-23-22(20)28-26(29-25(23)32)30-13-7-10-18(14-30)24(31)27-21-12-6-4-9-17(21)2/h3,5,8,11,15,17-18,21H,4,6-7,9-10,12-14H2,1-2H3,(H,27,31)(H,28,29,32)/t17-,18+,21+/m0/s1. The highest BCUT2D eigenvalue weighted by Gasteiger charge is 2.30. The van der Waals surface area contributed by atoms with E-state index in [0.29, 0.717) is 29.2 Å². The van der Waals surface area contributed by atoms with Crippen molar-refractivity contribution >= 4 is 33.4 Å². The highest BCUT2D eigenvalue weighted by atomic mass is 32.1. The Balaban J connectivity index is 1.39. The van der Waals surface area contributed by atoms with E-state index in [2.05, 4.69) is 41.2 Å². The fraction of sp³-hybridized carbons (Fsp3) is 0.500. The molecule has 174 valence electrons. The van der Waals surface area contributed by atoms with Gasteiger partial charge in [0.15, 0.2) is 0 Å². The molecule has 1 aromatic carbocycles. The van der Waals surface area contributed by atoms with Crippen molar-refractivity contribution in [2.75, 3.05) is 18.0 Å². The largest absolute Gasteiger partial charge is 0.353 e. The van der Waals surface area contributed by atoms with E-state index in [0.717, 1.165) is 48.0 Å². The molecule has 0 unspecified atom stereocenters. The van der Waals surface area contributed by atoms with Crippen LogP contribution >= 0.6 is 11.3 Å². The number of fused-ring (bicyclic) bond motifs is 1. The Labute approximate surface area is 198 Å². The molecule has 0 radical (unpaired) electrons. The minimum absolute atomic E-state index is 0.0767. The Kier molecular flexibility index (Phi) is 6.23. The summed E-state index contributed by atoms with van der Waals surface area (Å²) in [4.78, 5) is 35.9. The molecule has 1 aliphatic carbocycles. The Morgan fingerprint density at radius 2 is 1.97 bits per heavy atom. The number of rotatable bonds is 4. The maximum absolute atomic E-state index is 13.1. The number of aryl methyl sites for hydroxylation is 1. The van der Waals surface area contributed by atoms with Crippen molar-refractivity contribution in [3.05, 3.63) is 45.6 Å². The summed E-state index contributed by atoms with van der Waals surface area (Å²) in [6, 6.07) is 8.48. The predicted octanol–water partition coefficient (Wildman–Crippen LogP) is 4.87. The quantitative estimate of drug-likeness (QED) is 0.577. The average Bonchev–Trinajstić information content (AvgIpc) is 3.25. The maximum atomic E-state index is 13.1. The highest BCUT2D eigenvalue weighted by molar-refractivity contribution is 7.17. The number of anilines is 1. The number of hydrogen-bond acceptors (Lipinski definition) is 5. The molecule has 3 heterocycles. The number of aromatic amines is 1. The van der Waals surface area contributed by atoms with Crippen LogP contribution < -0.4 is 15.8 Å². The highest BCUT2D eigenvalue weighted by Crippen LogP contribution is 2.34. The summed E-state index contributed by atoms with van der Waals surface area (Å²) >= 11 is 1.44. The van der Waals surface area contributed by atoms with Gasteiger partial charge in [0.25, 0.3) is 5.56 Å². The van der Waals surface area contributed by atoms with Gasteiger partial charge in [-0.2, -0.15) is 0 Å². The molecule has 1 aliphatic heterocycles. The molecule has 0 bridgehead atoms. The zero-order chi connectivity index (χ0) is 22.9. The van der Waals surface area contributed by atoms with Gasteiger partial charge in [0, 0.05) is 30.1 Å². The second-order valence-corrected chi connectivity index (χ2v) is 10.6. The van der Waals surface area contributed by atoms with Gasteiger partial charge in [-0.25, -0.2) is 4.98 Å². The normalized spacial score (nSPS) is 23.6. The molecule has 2 fully saturated rings. The van der Waals surface area contributed by atoms with Crippen molar-refractivity contribution in [1.82, 2.24) is 15.3 Å². The first-order chi connectivity index (χ1) is 16.0. The monoisotopic (exact) mass is 464 g/mol. The number of nitrogens with one attached hydrogen (secondary N) is 2. The third-order valence-corrected chi connectivity index (χ3v) is 8.35. The summed E-state index contributed by atoms with van der Waals surface area (Å²) in [5.41, 5.74) is 3.90. The molecule has 3 atom stereocenters. The minimum Gasteiger partial charge on any atom is -0.353 e. The van der Waals surface area contributed by atoms with Crippen LogP contribution in [0.5, 0.6) is 0 Å². The van der Waals surface area contributed by atoms with E-state index in [4.69, 9.17) is 4.98 Å². The van der Waals surface area contributed by atoms with Crippen LogP contribution in [0.1, 0.15) is 51.0 Å². The van der Waals surface area contributed by atoms with Crippen molar-refractivity contribution in [3.8, 4) is 11.1 Å². The van der Waals surface area contributed by atoms with E-state index in [1.165, 1.54) is 30.6 Å². The summed E-state index contributed by atoms with van der Waals surface area (Å²) in [6.45, 7) is 5.70. The molecule has 7 heteroatoms. The number of carbonyl (C=O) groups excluding carboxylic acids is 1. The number of piperidine rings is 1. The van der Waals surface area contributed by atoms with E-state index >= 15 is 0 Å². The van der Waals surface area contributed by atoms with Gasteiger partial charge >= 0.3 is 0 Å². The van der Waals surface area contributed by atoms with Gasteiger partial charge in [0.05, 0.1) is 11.4 Å². The lowest BCUT2D eigenvalue weighted by Crippen LogP contribution is -2.48. The second kappa shape index (κ2) is 9.29. The Hall–Kier alpha value is -2.67. The molecule has 1 saturated carbocycles. The van der Waals surface area contributed by atoms with Gasteiger partial charge in [0.1, 0.15) is 4.70 Å². The Bertz CT molecular complexity index is 1220. The first-order valence-corrected chi connectivity index (χ1v) is 13.0. The van der Waals surface area contributed by atoms with Crippen molar-refractivity contribution < 1.29 is 4.79 Å². The lowest BCUT2D eigenvalue weighted by Gasteiger charge is -2.35. The molecular weight excluding hydrogens is 432 g/mol. The number of nitrogens with zero attached hydrogens (tertiary/aromatic N) is 2. The van der Waals surface area contributed by atoms with Crippen molar-refractivity contribution in [1.29, 1.82) is 0 Å². The number of amides is 1. The minimum atomic E-state index is -0.109. The fourth-order valence-corrected chi connectivity index (χ4v) is 6.25. The zero-order valence-corrected chi connectivity index (χ0v) is 20.2. The molecule has 5 rings (SSSR count). The van der Waals surface area contributed by atoms with E-state index in [-0.39, 0.29) is 17.4 Å². The number of carbonyl (C=O) groups is 1. The van der Waals surface area contributed by atoms with Crippen molar-refractivity contribution in [2.45, 2.75) is 58.4 Å². The van der Waals surface area contributed by atoms with Gasteiger partial charge in [0.2, 0.25) is 11.9 Å². The first kappa shape index (κ1) is 22.1. The molecule has 3 aromatic rings. The molecule has 2 N–H and O–H groups in total. The Morgan fingerprint density at radius 1 is 1.15 bits per heavy atom. The van der Waals surface area contributed by atoms with Gasteiger partial charge < -0.3 is 10.2 Å². The third-order valence-electron chi connectivity index (χ3n) is 7.38. The van der Waals surface area contributed by atoms with Crippen LogP contribution in [0.25, 0.3) is 21.3 Å². The molecule has 33 heavy (non-hydrogen) atoms.